The van der Waals surface area contributed by atoms with E-state index in [-0.39, 0.29) is 12.5 Å². The number of carbonyl (C=O) groups is 2. The van der Waals surface area contributed by atoms with Crippen molar-refractivity contribution in [3.63, 3.8) is 0 Å². The molecule has 38 heavy (non-hydrogen) atoms. The molecule has 1 aromatic rings. The van der Waals surface area contributed by atoms with Crippen LogP contribution in [-0.4, -0.2) is 46.0 Å². The van der Waals surface area contributed by atoms with Crippen LogP contribution in [0.2, 0.25) is 0 Å². The molecular formula is C28H49NO7S2. The number of amides is 1. The second-order valence-electron chi connectivity index (χ2n) is 9.71. The third-order valence-corrected chi connectivity index (χ3v) is 10.9. The Balaban J connectivity index is 2.34. The van der Waals surface area contributed by atoms with Crippen molar-refractivity contribution in [2.45, 2.75) is 109 Å². The molecule has 0 heterocycles. The van der Waals surface area contributed by atoms with Crippen molar-refractivity contribution in [3.8, 4) is 5.75 Å². The Kier molecular flexibility index (Phi) is 17.6. The predicted molar refractivity (Wildman–Crippen MR) is 155 cm³/mol. The number of ether oxygens (including phenoxy) is 1. The molecule has 0 spiro atoms. The van der Waals surface area contributed by atoms with Crippen molar-refractivity contribution < 1.29 is 30.6 Å². The number of benzene rings is 1. The Hall–Kier alpha value is -1.62. The summed E-state index contributed by atoms with van der Waals surface area (Å²) >= 11 is 0. The van der Waals surface area contributed by atoms with Crippen LogP contribution in [0.25, 0.3) is 0 Å². The second kappa shape index (κ2) is 19.4. The molecule has 10 heteroatoms. The van der Waals surface area contributed by atoms with Gasteiger partial charge in [0.05, 0.1) is 7.11 Å². The number of esters is 1. The van der Waals surface area contributed by atoms with Gasteiger partial charge >= 0.3 is 16.4 Å². The molecule has 220 valence electrons. The average Bonchev–Trinajstić information content (AvgIpc) is 2.89. The maximum atomic E-state index is 12.2. The number of hydrogen-bond acceptors (Lipinski definition) is 7. The van der Waals surface area contributed by atoms with Gasteiger partial charge in [0.15, 0.2) is 0 Å². The van der Waals surface area contributed by atoms with Crippen molar-refractivity contribution in [1.82, 2.24) is 5.32 Å². The minimum atomic E-state index is -4.11. The molecule has 8 nitrogen and oxygen atoms in total. The standard InChI is InChI=1S/C28H49NO7S2/c1-5-7-9-10-11-12-13-14-15-16-17-18-27(30)29-24-28(31)35-25-19-21-26(22-20-25)37(4,23-8-6-2)36-38(32,33)34-3/h19-22H,5-18,23-24H2,1-4H3,(H,29,30). The van der Waals surface area contributed by atoms with Crippen LogP contribution in [0.3, 0.4) is 0 Å². The highest BCUT2D eigenvalue weighted by Gasteiger charge is 2.29. The summed E-state index contributed by atoms with van der Waals surface area (Å²) in [7, 11) is -5.19. The van der Waals surface area contributed by atoms with E-state index in [0.29, 0.717) is 22.8 Å². The zero-order valence-corrected chi connectivity index (χ0v) is 25.4. The fourth-order valence-corrected chi connectivity index (χ4v) is 8.06. The summed E-state index contributed by atoms with van der Waals surface area (Å²) in [4.78, 5) is 24.9. The zero-order chi connectivity index (χ0) is 28.3. The lowest BCUT2D eigenvalue weighted by Crippen LogP contribution is -2.31. The molecular weight excluding hydrogens is 526 g/mol. The van der Waals surface area contributed by atoms with Gasteiger partial charge in [0.2, 0.25) is 5.91 Å². The molecule has 1 amide bonds. The van der Waals surface area contributed by atoms with Crippen molar-refractivity contribution in [2.24, 2.45) is 0 Å². The number of unbranched alkanes of at least 4 members (excludes halogenated alkanes) is 11. The topological polar surface area (TPSA) is 108 Å². The van der Waals surface area contributed by atoms with E-state index in [1.807, 2.05) is 6.92 Å². The average molecular weight is 576 g/mol. The van der Waals surface area contributed by atoms with Crippen LogP contribution < -0.4 is 10.1 Å². The summed E-state index contributed by atoms with van der Waals surface area (Å²) in [5.74, 6) is 0.144. The molecule has 1 rings (SSSR count). The van der Waals surface area contributed by atoms with Gasteiger partial charge in [-0.3, -0.25) is 8.98 Å². The third kappa shape index (κ3) is 15.1. The van der Waals surface area contributed by atoms with E-state index >= 15 is 0 Å². The molecule has 0 aliphatic carbocycles. The molecule has 0 aliphatic heterocycles. The van der Waals surface area contributed by atoms with Crippen molar-refractivity contribution in [3.05, 3.63) is 24.3 Å². The van der Waals surface area contributed by atoms with E-state index in [2.05, 4.69) is 16.4 Å². The summed E-state index contributed by atoms with van der Waals surface area (Å²) in [5.41, 5.74) is 0. The Labute approximate surface area is 232 Å². The van der Waals surface area contributed by atoms with Crippen molar-refractivity contribution in [1.29, 1.82) is 0 Å². The molecule has 0 aromatic heterocycles. The number of nitrogens with one attached hydrogen (secondary N) is 1. The summed E-state index contributed by atoms with van der Waals surface area (Å²) < 4.78 is 39.1. The van der Waals surface area contributed by atoms with E-state index < -0.39 is 26.7 Å². The van der Waals surface area contributed by atoms with Crippen LogP contribution in [0, 0.1) is 0 Å². The van der Waals surface area contributed by atoms with Gasteiger partial charge in [-0.05, 0) is 43.4 Å². The largest absolute Gasteiger partial charge is 0.425 e. The summed E-state index contributed by atoms with van der Waals surface area (Å²) in [6.45, 7) is 4.05. The first-order chi connectivity index (χ1) is 18.2. The van der Waals surface area contributed by atoms with Gasteiger partial charge in [-0.2, -0.15) is 12.0 Å². The van der Waals surface area contributed by atoms with E-state index in [0.717, 1.165) is 39.2 Å². The fraction of sp³-hybridized carbons (Fsp3) is 0.714. The van der Waals surface area contributed by atoms with Crippen LogP contribution in [-0.2, 0) is 27.8 Å². The molecule has 0 aliphatic rings. The first-order valence-electron chi connectivity index (χ1n) is 14.0. The monoisotopic (exact) mass is 575 g/mol. The lowest BCUT2D eigenvalue weighted by Gasteiger charge is -2.34. The highest BCUT2D eigenvalue weighted by Crippen LogP contribution is 2.55. The van der Waals surface area contributed by atoms with Gasteiger partial charge < -0.3 is 10.1 Å². The predicted octanol–water partition coefficient (Wildman–Crippen LogP) is 6.83. The Morgan fingerprint density at radius 2 is 1.32 bits per heavy atom. The summed E-state index contributed by atoms with van der Waals surface area (Å²) in [6, 6.07) is 6.59. The number of rotatable bonds is 22. The van der Waals surface area contributed by atoms with Crippen LogP contribution in [0.5, 0.6) is 5.75 Å². The molecule has 0 saturated heterocycles. The fourth-order valence-electron chi connectivity index (χ4n) is 3.99. The van der Waals surface area contributed by atoms with Crippen molar-refractivity contribution in [2.75, 3.05) is 25.7 Å². The highest BCUT2D eigenvalue weighted by atomic mass is 32.3. The van der Waals surface area contributed by atoms with E-state index in [9.17, 15) is 18.0 Å². The normalized spacial score (nSPS) is 14.0. The maximum absolute atomic E-state index is 12.2. The summed E-state index contributed by atoms with van der Waals surface area (Å²) in [6.07, 6.45) is 17.3. The molecule has 0 bridgehead atoms. The molecule has 1 N–H and O–H groups in total. The van der Waals surface area contributed by atoms with Gasteiger partial charge in [-0.15, -0.1) is 0 Å². The Bertz CT molecular complexity index is 906. The lowest BCUT2D eigenvalue weighted by atomic mass is 10.1. The van der Waals surface area contributed by atoms with Crippen LogP contribution in [0.4, 0.5) is 0 Å². The van der Waals surface area contributed by atoms with Gasteiger partial charge in [0.1, 0.15) is 12.3 Å². The lowest BCUT2D eigenvalue weighted by molar-refractivity contribution is -0.135. The van der Waals surface area contributed by atoms with Gasteiger partial charge in [-0.25, -0.2) is 4.79 Å². The first-order valence-corrected chi connectivity index (χ1v) is 17.5. The summed E-state index contributed by atoms with van der Waals surface area (Å²) in [5, 5.41) is 2.62. The van der Waals surface area contributed by atoms with E-state index in [1.54, 1.807) is 30.5 Å². The van der Waals surface area contributed by atoms with E-state index in [1.165, 1.54) is 51.4 Å². The highest BCUT2D eigenvalue weighted by molar-refractivity contribution is 8.32. The molecule has 0 fully saturated rings. The van der Waals surface area contributed by atoms with Gasteiger partial charge in [0.25, 0.3) is 0 Å². The SMILES string of the molecule is CCCCCCCCCCCCCC(=O)NCC(=O)Oc1ccc(S(C)(CCCC)OS(=O)(=O)OC)cc1. The molecule has 1 unspecified atom stereocenters. The van der Waals surface area contributed by atoms with Gasteiger partial charge in [0, 0.05) is 17.1 Å². The molecule has 1 aromatic carbocycles. The smallest absolute Gasteiger partial charge is 0.409 e. The van der Waals surface area contributed by atoms with Crippen molar-refractivity contribution >= 4 is 32.6 Å². The number of carbonyl (C=O) groups excluding carboxylic acids is 2. The third-order valence-electron chi connectivity index (χ3n) is 6.32. The quantitative estimate of drug-likeness (QED) is 0.0917. The Morgan fingerprint density at radius 1 is 0.789 bits per heavy atom. The van der Waals surface area contributed by atoms with Crippen LogP contribution in [0.15, 0.2) is 29.2 Å². The molecule has 0 saturated carbocycles. The first kappa shape index (κ1) is 34.4. The second-order valence-corrected chi connectivity index (χ2v) is 14.3. The minimum absolute atomic E-state index is 0.153. The minimum Gasteiger partial charge on any atom is -0.425 e. The molecule has 0 radical (unpaired) electrons. The van der Waals surface area contributed by atoms with Crippen LogP contribution in [0.1, 0.15) is 104 Å². The maximum Gasteiger partial charge on any atom is 0.409 e. The van der Waals surface area contributed by atoms with E-state index in [4.69, 9.17) is 8.37 Å². The zero-order valence-electron chi connectivity index (χ0n) is 23.8. The van der Waals surface area contributed by atoms with Crippen LogP contribution >= 0.6 is 10.3 Å². The molecule has 1 atom stereocenters. The van der Waals surface area contributed by atoms with Gasteiger partial charge in [-0.1, -0.05) is 94.8 Å². The number of hydrogen-bond donors (Lipinski definition) is 1. The Morgan fingerprint density at radius 3 is 1.84 bits per heavy atom.